The second kappa shape index (κ2) is 6.36. The van der Waals surface area contributed by atoms with Crippen LogP contribution < -0.4 is 0 Å². The fourth-order valence-electron chi connectivity index (χ4n) is 2.49. The summed E-state index contributed by atoms with van der Waals surface area (Å²) in [5, 5.41) is 0.730. The van der Waals surface area contributed by atoms with Gasteiger partial charge in [0.15, 0.2) is 0 Å². The Morgan fingerprint density at radius 1 is 1.47 bits per heavy atom. The van der Waals surface area contributed by atoms with Crippen molar-refractivity contribution >= 4 is 11.6 Å². The van der Waals surface area contributed by atoms with Gasteiger partial charge in [-0.25, -0.2) is 0 Å². The Hall–Kier alpha value is -0.600. The zero-order valence-electron chi connectivity index (χ0n) is 10.4. The molecule has 1 aliphatic rings. The van der Waals surface area contributed by atoms with Gasteiger partial charge in [-0.05, 0) is 30.9 Å². The van der Waals surface area contributed by atoms with Gasteiger partial charge in [0, 0.05) is 11.2 Å². The molecule has 1 saturated carbocycles. The van der Waals surface area contributed by atoms with E-state index in [1.54, 1.807) is 12.3 Å². The SMILES string of the molecule is CCC1CCCC(OCc2cc(Cl)ccn2)C1. The molecule has 2 atom stereocenters. The number of hydrogen-bond acceptors (Lipinski definition) is 2. The van der Waals surface area contributed by atoms with Gasteiger partial charge in [-0.2, -0.15) is 0 Å². The Morgan fingerprint density at radius 2 is 2.35 bits per heavy atom. The lowest BCUT2D eigenvalue weighted by molar-refractivity contribution is 0.000353. The Bertz CT molecular complexity index is 356. The lowest BCUT2D eigenvalue weighted by atomic mass is 9.85. The Morgan fingerprint density at radius 3 is 3.12 bits per heavy atom. The molecule has 2 unspecified atom stereocenters. The first-order valence-electron chi connectivity index (χ1n) is 6.50. The molecule has 1 aliphatic carbocycles. The molecular weight excluding hydrogens is 234 g/mol. The van der Waals surface area contributed by atoms with Gasteiger partial charge in [0.2, 0.25) is 0 Å². The third-order valence-electron chi connectivity index (χ3n) is 3.56. The molecule has 2 nitrogen and oxygen atoms in total. The van der Waals surface area contributed by atoms with Gasteiger partial charge < -0.3 is 4.74 Å². The average Bonchev–Trinajstić information content (AvgIpc) is 2.37. The standard InChI is InChI=1S/C14H20ClNO/c1-2-11-4-3-5-14(8-11)17-10-13-9-12(15)6-7-16-13/h6-7,9,11,14H,2-5,8,10H2,1H3. The molecule has 0 saturated heterocycles. The smallest absolute Gasteiger partial charge is 0.0892 e. The largest absolute Gasteiger partial charge is 0.372 e. The predicted molar refractivity (Wildman–Crippen MR) is 70.1 cm³/mol. The molecule has 0 aliphatic heterocycles. The molecule has 0 bridgehead atoms. The van der Waals surface area contributed by atoms with Crippen molar-refractivity contribution in [2.75, 3.05) is 0 Å². The van der Waals surface area contributed by atoms with Gasteiger partial charge >= 0.3 is 0 Å². The van der Waals surface area contributed by atoms with E-state index in [0.717, 1.165) is 16.6 Å². The first-order valence-corrected chi connectivity index (χ1v) is 6.87. The molecular formula is C14H20ClNO. The van der Waals surface area contributed by atoms with Gasteiger partial charge in [0.1, 0.15) is 0 Å². The first kappa shape index (κ1) is 12.8. The van der Waals surface area contributed by atoms with Crippen molar-refractivity contribution in [2.24, 2.45) is 5.92 Å². The van der Waals surface area contributed by atoms with Crippen molar-refractivity contribution in [3.8, 4) is 0 Å². The summed E-state index contributed by atoms with van der Waals surface area (Å²) in [4.78, 5) is 4.25. The molecule has 17 heavy (non-hydrogen) atoms. The van der Waals surface area contributed by atoms with Crippen molar-refractivity contribution in [2.45, 2.75) is 51.7 Å². The van der Waals surface area contributed by atoms with Crippen molar-refractivity contribution in [1.82, 2.24) is 4.98 Å². The van der Waals surface area contributed by atoms with Crippen molar-refractivity contribution in [3.63, 3.8) is 0 Å². The predicted octanol–water partition coefficient (Wildman–Crippen LogP) is 4.22. The minimum absolute atomic E-state index is 0.412. The highest BCUT2D eigenvalue weighted by molar-refractivity contribution is 6.30. The molecule has 1 aromatic rings. The van der Waals surface area contributed by atoms with E-state index in [-0.39, 0.29) is 0 Å². The average molecular weight is 254 g/mol. The van der Waals surface area contributed by atoms with E-state index < -0.39 is 0 Å². The summed E-state index contributed by atoms with van der Waals surface area (Å²) in [5.74, 6) is 0.848. The molecule has 0 amide bonds. The number of ether oxygens (including phenoxy) is 1. The van der Waals surface area contributed by atoms with Crippen LogP contribution >= 0.6 is 11.6 Å². The van der Waals surface area contributed by atoms with Crippen LogP contribution in [0.3, 0.4) is 0 Å². The summed E-state index contributed by atoms with van der Waals surface area (Å²) in [5.41, 5.74) is 0.927. The van der Waals surface area contributed by atoms with E-state index in [9.17, 15) is 0 Å². The van der Waals surface area contributed by atoms with Crippen LogP contribution in [-0.4, -0.2) is 11.1 Å². The van der Waals surface area contributed by atoms with Gasteiger partial charge in [-0.15, -0.1) is 0 Å². The third kappa shape index (κ3) is 3.97. The van der Waals surface area contributed by atoms with Crippen molar-refractivity contribution in [1.29, 1.82) is 0 Å². The molecule has 0 N–H and O–H groups in total. The van der Waals surface area contributed by atoms with Gasteiger partial charge in [0.05, 0.1) is 18.4 Å². The molecule has 2 rings (SSSR count). The Labute approximate surface area is 108 Å². The zero-order valence-corrected chi connectivity index (χ0v) is 11.1. The number of pyridine rings is 1. The molecule has 0 aromatic carbocycles. The molecule has 0 radical (unpaired) electrons. The van der Waals surface area contributed by atoms with E-state index in [0.29, 0.717) is 12.7 Å². The van der Waals surface area contributed by atoms with E-state index in [1.165, 1.54) is 32.1 Å². The Kier molecular flexibility index (Phi) is 4.81. The topological polar surface area (TPSA) is 22.1 Å². The molecule has 1 fully saturated rings. The van der Waals surface area contributed by atoms with E-state index in [2.05, 4.69) is 11.9 Å². The minimum atomic E-state index is 0.412. The molecule has 94 valence electrons. The number of aromatic nitrogens is 1. The van der Waals surface area contributed by atoms with E-state index in [1.807, 2.05) is 6.07 Å². The van der Waals surface area contributed by atoms with Gasteiger partial charge in [0.25, 0.3) is 0 Å². The summed E-state index contributed by atoms with van der Waals surface area (Å²) in [7, 11) is 0. The second-order valence-corrected chi connectivity index (χ2v) is 5.28. The van der Waals surface area contributed by atoms with E-state index in [4.69, 9.17) is 16.3 Å². The van der Waals surface area contributed by atoms with Crippen LogP contribution in [0, 0.1) is 5.92 Å². The summed E-state index contributed by atoms with van der Waals surface area (Å²) in [6.07, 6.45) is 8.48. The maximum absolute atomic E-state index is 5.93. The van der Waals surface area contributed by atoms with Crippen molar-refractivity contribution < 1.29 is 4.74 Å². The summed E-state index contributed by atoms with van der Waals surface area (Å²) in [6.45, 7) is 2.85. The molecule has 1 aromatic heterocycles. The summed E-state index contributed by atoms with van der Waals surface area (Å²) in [6, 6.07) is 3.67. The number of rotatable bonds is 4. The highest BCUT2D eigenvalue weighted by Gasteiger charge is 2.21. The maximum Gasteiger partial charge on any atom is 0.0892 e. The highest BCUT2D eigenvalue weighted by Crippen LogP contribution is 2.28. The third-order valence-corrected chi connectivity index (χ3v) is 3.79. The fraction of sp³-hybridized carbons (Fsp3) is 0.643. The van der Waals surface area contributed by atoms with Crippen LogP contribution in [0.2, 0.25) is 5.02 Å². The van der Waals surface area contributed by atoms with Crippen LogP contribution in [0.4, 0.5) is 0 Å². The maximum atomic E-state index is 5.93. The molecule has 3 heteroatoms. The lowest BCUT2D eigenvalue weighted by Crippen LogP contribution is -2.22. The zero-order chi connectivity index (χ0) is 12.1. The first-order chi connectivity index (χ1) is 8.28. The lowest BCUT2D eigenvalue weighted by Gasteiger charge is -2.28. The van der Waals surface area contributed by atoms with Crippen LogP contribution in [0.25, 0.3) is 0 Å². The minimum Gasteiger partial charge on any atom is -0.372 e. The molecule has 0 spiro atoms. The highest BCUT2D eigenvalue weighted by atomic mass is 35.5. The quantitative estimate of drug-likeness (QED) is 0.802. The fourth-order valence-corrected chi connectivity index (χ4v) is 2.68. The van der Waals surface area contributed by atoms with Crippen LogP contribution in [0.15, 0.2) is 18.3 Å². The van der Waals surface area contributed by atoms with Crippen molar-refractivity contribution in [3.05, 3.63) is 29.0 Å². The van der Waals surface area contributed by atoms with Gasteiger partial charge in [-0.1, -0.05) is 37.8 Å². The van der Waals surface area contributed by atoms with Crippen LogP contribution in [0.1, 0.15) is 44.7 Å². The van der Waals surface area contributed by atoms with Gasteiger partial charge in [-0.3, -0.25) is 4.98 Å². The number of hydrogen-bond donors (Lipinski definition) is 0. The number of halogens is 1. The van der Waals surface area contributed by atoms with E-state index >= 15 is 0 Å². The monoisotopic (exact) mass is 253 g/mol. The Balaban J connectivity index is 1.81. The summed E-state index contributed by atoms with van der Waals surface area (Å²) < 4.78 is 5.93. The second-order valence-electron chi connectivity index (χ2n) is 4.84. The number of nitrogens with zero attached hydrogens (tertiary/aromatic N) is 1. The molecule has 1 heterocycles. The van der Waals surface area contributed by atoms with Crippen LogP contribution in [-0.2, 0) is 11.3 Å². The van der Waals surface area contributed by atoms with Crippen LogP contribution in [0.5, 0.6) is 0 Å². The summed E-state index contributed by atoms with van der Waals surface area (Å²) >= 11 is 5.92. The normalized spacial score (nSPS) is 24.8.